The lowest BCUT2D eigenvalue weighted by Gasteiger charge is -2.01. The molecule has 0 heterocycles. The molecule has 1 aliphatic carbocycles. The lowest BCUT2D eigenvalue weighted by Crippen LogP contribution is -2.40. The van der Waals surface area contributed by atoms with Crippen LogP contribution in [-0.4, -0.2) is 24.4 Å². The Hall–Kier alpha value is -1.06. The number of carbonyl (C=O) groups excluding carboxylic acids is 2. The fourth-order valence-electron chi connectivity index (χ4n) is 0.719. The highest BCUT2D eigenvalue weighted by atomic mass is 16.2. The molecule has 0 aromatic rings. The van der Waals surface area contributed by atoms with Crippen LogP contribution in [0.1, 0.15) is 19.8 Å². The van der Waals surface area contributed by atoms with Crippen LogP contribution in [0.2, 0.25) is 0 Å². The van der Waals surface area contributed by atoms with E-state index < -0.39 is 11.8 Å². The number of hydrogen-bond donors (Lipinski definition) is 2. The molecule has 0 saturated heterocycles. The van der Waals surface area contributed by atoms with E-state index in [1.54, 1.807) is 6.92 Å². The monoisotopic (exact) mass is 156 g/mol. The van der Waals surface area contributed by atoms with E-state index in [0.717, 1.165) is 12.8 Å². The third-order valence-corrected chi connectivity index (χ3v) is 1.46. The van der Waals surface area contributed by atoms with Crippen molar-refractivity contribution in [1.29, 1.82) is 0 Å². The van der Waals surface area contributed by atoms with E-state index in [0.29, 0.717) is 6.54 Å². The first kappa shape index (κ1) is 8.04. The van der Waals surface area contributed by atoms with Crippen LogP contribution in [0.5, 0.6) is 0 Å². The van der Waals surface area contributed by atoms with Crippen molar-refractivity contribution in [3.05, 3.63) is 0 Å². The van der Waals surface area contributed by atoms with Crippen molar-refractivity contribution in [2.75, 3.05) is 6.54 Å². The molecule has 62 valence electrons. The lowest BCUT2D eigenvalue weighted by atomic mass is 10.5. The van der Waals surface area contributed by atoms with Gasteiger partial charge in [-0.05, 0) is 19.8 Å². The third kappa shape index (κ3) is 2.57. The average molecular weight is 156 g/mol. The summed E-state index contributed by atoms with van der Waals surface area (Å²) >= 11 is 0. The summed E-state index contributed by atoms with van der Waals surface area (Å²) in [5.41, 5.74) is 0. The molecule has 1 fully saturated rings. The van der Waals surface area contributed by atoms with Gasteiger partial charge in [-0.25, -0.2) is 0 Å². The van der Waals surface area contributed by atoms with Crippen LogP contribution >= 0.6 is 0 Å². The van der Waals surface area contributed by atoms with E-state index in [9.17, 15) is 9.59 Å². The zero-order valence-electron chi connectivity index (χ0n) is 6.52. The van der Waals surface area contributed by atoms with E-state index in [1.165, 1.54) is 0 Å². The standard InChI is InChI=1S/C7H12N2O2/c1-2-8-6(10)7(11)9-5-3-4-5/h5H,2-4H2,1H3,(H,8,10)(H,9,11). The summed E-state index contributed by atoms with van der Waals surface area (Å²) in [7, 11) is 0. The van der Waals surface area contributed by atoms with Gasteiger partial charge in [-0.3, -0.25) is 9.59 Å². The predicted octanol–water partition coefficient (Wildman–Crippen LogP) is -0.599. The molecule has 0 aromatic heterocycles. The Balaban J connectivity index is 2.21. The van der Waals surface area contributed by atoms with Gasteiger partial charge < -0.3 is 10.6 Å². The molecule has 2 N–H and O–H groups in total. The summed E-state index contributed by atoms with van der Waals surface area (Å²) in [5, 5.41) is 5.01. The Morgan fingerprint density at radius 2 is 2.00 bits per heavy atom. The first-order chi connectivity index (χ1) is 5.24. The number of rotatable bonds is 2. The van der Waals surface area contributed by atoms with Crippen molar-refractivity contribution in [1.82, 2.24) is 10.6 Å². The summed E-state index contributed by atoms with van der Waals surface area (Å²) in [4.78, 5) is 21.6. The molecule has 1 rings (SSSR count). The van der Waals surface area contributed by atoms with Gasteiger partial charge in [-0.2, -0.15) is 0 Å². The Labute approximate surface area is 65.3 Å². The van der Waals surface area contributed by atoms with Crippen LogP contribution in [0.15, 0.2) is 0 Å². The maximum Gasteiger partial charge on any atom is 0.309 e. The van der Waals surface area contributed by atoms with Crippen LogP contribution in [0.4, 0.5) is 0 Å². The second kappa shape index (κ2) is 3.37. The van der Waals surface area contributed by atoms with Crippen molar-refractivity contribution in [3.63, 3.8) is 0 Å². The van der Waals surface area contributed by atoms with Gasteiger partial charge in [0.25, 0.3) is 0 Å². The zero-order chi connectivity index (χ0) is 8.27. The van der Waals surface area contributed by atoms with Crippen molar-refractivity contribution < 1.29 is 9.59 Å². The normalized spacial score (nSPS) is 15.7. The molecule has 0 radical (unpaired) electrons. The molecular formula is C7H12N2O2. The molecule has 1 aliphatic rings. The number of amides is 2. The lowest BCUT2D eigenvalue weighted by molar-refractivity contribution is -0.139. The van der Waals surface area contributed by atoms with E-state index in [4.69, 9.17) is 0 Å². The highest BCUT2D eigenvalue weighted by Crippen LogP contribution is 2.18. The fourth-order valence-corrected chi connectivity index (χ4v) is 0.719. The van der Waals surface area contributed by atoms with Crippen LogP contribution in [0.3, 0.4) is 0 Å². The first-order valence-electron chi connectivity index (χ1n) is 3.82. The SMILES string of the molecule is CCNC(=O)C(=O)NC1CC1. The first-order valence-corrected chi connectivity index (χ1v) is 3.82. The van der Waals surface area contributed by atoms with Gasteiger partial charge in [0.05, 0.1) is 0 Å². The average Bonchev–Trinajstić information content (AvgIpc) is 2.72. The molecule has 0 unspecified atom stereocenters. The van der Waals surface area contributed by atoms with Gasteiger partial charge in [0.15, 0.2) is 0 Å². The molecule has 4 nitrogen and oxygen atoms in total. The molecule has 0 bridgehead atoms. The largest absolute Gasteiger partial charge is 0.348 e. The zero-order valence-corrected chi connectivity index (χ0v) is 6.52. The van der Waals surface area contributed by atoms with E-state index in [-0.39, 0.29) is 6.04 Å². The fraction of sp³-hybridized carbons (Fsp3) is 0.714. The highest BCUT2D eigenvalue weighted by molar-refractivity contribution is 6.35. The van der Waals surface area contributed by atoms with Crippen molar-refractivity contribution in [2.45, 2.75) is 25.8 Å². The van der Waals surface area contributed by atoms with Gasteiger partial charge in [-0.1, -0.05) is 0 Å². The minimum absolute atomic E-state index is 0.255. The Kier molecular flexibility index (Phi) is 2.46. The number of likely N-dealkylation sites (N-methyl/N-ethyl adjacent to an activating group) is 1. The number of hydrogen-bond acceptors (Lipinski definition) is 2. The number of carbonyl (C=O) groups is 2. The van der Waals surface area contributed by atoms with Crippen LogP contribution in [-0.2, 0) is 9.59 Å². The topological polar surface area (TPSA) is 58.2 Å². The molecule has 2 amide bonds. The van der Waals surface area contributed by atoms with Crippen LogP contribution in [0.25, 0.3) is 0 Å². The summed E-state index contributed by atoms with van der Waals surface area (Å²) in [6.45, 7) is 2.28. The maximum absolute atomic E-state index is 10.9. The van der Waals surface area contributed by atoms with Gasteiger partial charge in [0, 0.05) is 12.6 Å². The highest BCUT2D eigenvalue weighted by Gasteiger charge is 2.25. The summed E-state index contributed by atoms with van der Waals surface area (Å²) in [6, 6.07) is 0.255. The molecule has 0 atom stereocenters. The minimum atomic E-state index is -0.528. The van der Waals surface area contributed by atoms with E-state index >= 15 is 0 Å². The van der Waals surface area contributed by atoms with Gasteiger partial charge in [-0.15, -0.1) is 0 Å². The quantitative estimate of drug-likeness (QED) is 0.524. The molecule has 0 spiro atoms. The molecule has 0 aromatic carbocycles. The van der Waals surface area contributed by atoms with Crippen molar-refractivity contribution in [2.24, 2.45) is 0 Å². The van der Waals surface area contributed by atoms with Crippen LogP contribution in [0, 0.1) is 0 Å². The Morgan fingerprint density at radius 1 is 1.36 bits per heavy atom. The second-order valence-electron chi connectivity index (χ2n) is 2.61. The Bertz CT molecular complexity index is 175. The van der Waals surface area contributed by atoms with Crippen LogP contribution < -0.4 is 10.6 Å². The molecule has 0 aliphatic heterocycles. The smallest absolute Gasteiger partial charge is 0.309 e. The number of nitrogens with one attached hydrogen (secondary N) is 2. The maximum atomic E-state index is 10.9. The van der Waals surface area contributed by atoms with Gasteiger partial charge >= 0.3 is 11.8 Å². The van der Waals surface area contributed by atoms with Gasteiger partial charge in [0.1, 0.15) is 0 Å². The summed E-state index contributed by atoms with van der Waals surface area (Å²) < 4.78 is 0. The third-order valence-electron chi connectivity index (χ3n) is 1.46. The summed E-state index contributed by atoms with van der Waals surface area (Å²) in [5.74, 6) is -1.03. The van der Waals surface area contributed by atoms with E-state index in [2.05, 4.69) is 10.6 Å². The summed E-state index contributed by atoms with van der Waals surface area (Å²) in [6.07, 6.45) is 2.01. The molecule has 4 heteroatoms. The van der Waals surface area contributed by atoms with Crippen molar-refractivity contribution >= 4 is 11.8 Å². The second-order valence-corrected chi connectivity index (χ2v) is 2.61. The van der Waals surface area contributed by atoms with Gasteiger partial charge in [0.2, 0.25) is 0 Å². The Morgan fingerprint density at radius 3 is 2.45 bits per heavy atom. The van der Waals surface area contributed by atoms with E-state index in [1.807, 2.05) is 0 Å². The molecule has 11 heavy (non-hydrogen) atoms. The molecule has 1 saturated carbocycles. The minimum Gasteiger partial charge on any atom is -0.348 e. The van der Waals surface area contributed by atoms with Crippen molar-refractivity contribution in [3.8, 4) is 0 Å². The predicted molar refractivity (Wildman–Crippen MR) is 39.8 cm³/mol. The molecular weight excluding hydrogens is 144 g/mol.